The second kappa shape index (κ2) is 9.70. The van der Waals surface area contributed by atoms with Gasteiger partial charge in [-0.05, 0) is 13.8 Å². The summed E-state index contributed by atoms with van der Waals surface area (Å²) in [7, 11) is 0. The molecule has 0 aromatic heterocycles. The van der Waals surface area contributed by atoms with E-state index < -0.39 is 6.09 Å². The highest BCUT2D eigenvalue weighted by molar-refractivity contribution is 5.77. The zero-order valence-corrected chi connectivity index (χ0v) is 11.6. The fourth-order valence-corrected chi connectivity index (χ4v) is 1.03. The Bertz CT molecular complexity index is 254. The number of hydrogen-bond acceptors (Lipinski definition) is 4. The average Bonchev–Trinajstić information content (AvgIpc) is 2.26. The minimum absolute atomic E-state index is 0.0113. The molecule has 0 aliphatic rings. The lowest BCUT2D eigenvalue weighted by molar-refractivity contribution is -0.124. The van der Waals surface area contributed by atoms with Crippen LogP contribution in [0.25, 0.3) is 0 Å². The van der Waals surface area contributed by atoms with Crippen LogP contribution in [0.4, 0.5) is 4.79 Å². The second-order valence-electron chi connectivity index (χ2n) is 4.44. The van der Waals surface area contributed by atoms with E-state index in [1.165, 1.54) is 0 Å². The highest BCUT2D eigenvalue weighted by Crippen LogP contribution is 1.89. The van der Waals surface area contributed by atoms with Gasteiger partial charge in [-0.1, -0.05) is 13.8 Å². The molecular formula is C12H24N2O4. The maximum Gasteiger partial charge on any atom is 0.407 e. The van der Waals surface area contributed by atoms with Gasteiger partial charge in [-0.15, -0.1) is 0 Å². The Hall–Kier alpha value is -1.30. The molecule has 2 amide bonds. The van der Waals surface area contributed by atoms with Gasteiger partial charge in [0.05, 0.1) is 19.3 Å². The number of carbonyl (C=O) groups is 2. The summed E-state index contributed by atoms with van der Waals surface area (Å²) in [6.45, 7) is 8.93. The fourth-order valence-electron chi connectivity index (χ4n) is 1.03. The molecule has 0 atom stereocenters. The fraction of sp³-hybridized carbons (Fsp3) is 0.833. The number of ether oxygens (including phenoxy) is 2. The van der Waals surface area contributed by atoms with Gasteiger partial charge in [0, 0.05) is 19.0 Å². The number of carbonyl (C=O) groups excluding carboxylic acids is 2. The quantitative estimate of drug-likeness (QED) is 0.636. The van der Waals surface area contributed by atoms with Crippen molar-refractivity contribution in [2.75, 3.05) is 26.3 Å². The van der Waals surface area contributed by atoms with E-state index in [9.17, 15) is 9.59 Å². The Kier molecular flexibility index (Phi) is 9.00. The minimum Gasteiger partial charge on any atom is -0.447 e. The smallest absolute Gasteiger partial charge is 0.407 e. The maximum absolute atomic E-state index is 11.2. The number of amides is 2. The molecule has 0 spiro atoms. The summed E-state index contributed by atoms with van der Waals surface area (Å²) in [6.07, 6.45) is -0.570. The molecule has 0 fully saturated rings. The molecule has 0 unspecified atom stereocenters. The van der Waals surface area contributed by atoms with Crippen LogP contribution in [-0.4, -0.2) is 44.4 Å². The van der Waals surface area contributed by atoms with Crippen LogP contribution in [0.5, 0.6) is 0 Å². The van der Waals surface area contributed by atoms with Crippen molar-refractivity contribution in [2.45, 2.75) is 33.8 Å². The lowest BCUT2D eigenvalue weighted by Crippen LogP contribution is -2.32. The number of rotatable bonds is 8. The molecule has 0 aliphatic carbocycles. The monoisotopic (exact) mass is 260 g/mol. The van der Waals surface area contributed by atoms with Crippen LogP contribution in [0.1, 0.15) is 27.7 Å². The van der Waals surface area contributed by atoms with Gasteiger partial charge in [-0.2, -0.15) is 0 Å². The van der Waals surface area contributed by atoms with Crippen molar-refractivity contribution in [1.29, 1.82) is 0 Å². The second-order valence-corrected chi connectivity index (χ2v) is 4.44. The van der Waals surface area contributed by atoms with Crippen molar-refractivity contribution in [1.82, 2.24) is 10.6 Å². The van der Waals surface area contributed by atoms with Crippen LogP contribution in [0.2, 0.25) is 0 Å². The Morgan fingerprint density at radius 3 is 2.06 bits per heavy atom. The minimum atomic E-state index is -0.443. The molecule has 18 heavy (non-hydrogen) atoms. The molecular weight excluding hydrogens is 236 g/mol. The van der Waals surface area contributed by atoms with Crippen LogP contribution in [0.3, 0.4) is 0 Å². The molecule has 6 heteroatoms. The van der Waals surface area contributed by atoms with E-state index in [0.29, 0.717) is 26.3 Å². The van der Waals surface area contributed by atoms with Crippen LogP contribution in [0, 0.1) is 5.92 Å². The summed E-state index contributed by atoms with van der Waals surface area (Å²) >= 11 is 0. The summed E-state index contributed by atoms with van der Waals surface area (Å²) in [5.41, 5.74) is 0. The molecule has 0 heterocycles. The zero-order valence-electron chi connectivity index (χ0n) is 11.6. The van der Waals surface area contributed by atoms with E-state index in [0.717, 1.165) is 0 Å². The highest BCUT2D eigenvalue weighted by Gasteiger charge is 2.05. The largest absolute Gasteiger partial charge is 0.447 e. The van der Waals surface area contributed by atoms with Crippen LogP contribution < -0.4 is 10.6 Å². The first kappa shape index (κ1) is 16.7. The predicted octanol–water partition coefficient (Wildman–Crippen LogP) is 0.910. The third-order valence-corrected chi connectivity index (χ3v) is 1.93. The van der Waals surface area contributed by atoms with Crippen molar-refractivity contribution >= 4 is 12.0 Å². The molecule has 6 nitrogen and oxygen atoms in total. The SMILES string of the molecule is CC(C)OC(=O)NCCOCCNC(=O)C(C)C. The van der Waals surface area contributed by atoms with Gasteiger partial charge in [-0.3, -0.25) is 4.79 Å². The van der Waals surface area contributed by atoms with E-state index in [1.807, 2.05) is 13.8 Å². The number of nitrogens with one attached hydrogen (secondary N) is 2. The van der Waals surface area contributed by atoms with E-state index in [2.05, 4.69) is 10.6 Å². The van der Waals surface area contributed by atoms with Gasteiger partial charge >= 0.3 is 6.09 Å². The van der Waals surface area contributed by atoms with E-state index in [-0.39, 0.29) is 17.9 Å². The maximum atomic E-state index is 11.2. The lowest BCUT2D eigenvalue weighted by Gasteiger charge is -2.10. The summed E-state index contributed by atoms with van der Waals surface area (Å²) in [5, 5.41) is 5.29. The summed E-state index contributed by atoms with van der Waals surface area (Å²) in [4.78, 5) is 22.2. The van der Waals surface area contributed by atoms with Gasteiger partial charge in [0.1, 0.15) is 0 Å². The molecule has 0 rings (SSSR count). The summed E-state index contributed by atoms with van der Waals surface area (Å²) in [6, 6.07) is 0. The summed E-state index contributed by atoms with van der Waals surface area (Å²) < 4.78 is 10.1. The molecule has 0 aromatic rings. The van der Waals surface area contributed by atoms with Crippen molar-refractivity contribution in [3.8, 4) is 0 Å². The van der Waals surface area contributed by atoms with Crippen molar-refractivity contribution in [3.63, 3.8) is 0 Å². The van der Waals surface area contributed by atoms with Crippen LogP contribution in [-0.2, 0) is 14.3 Å². The van der Waals surface area contributed by atoms with E-state index in [4.69, 9.17) is 9.47 Å². The normalized spacial score (nSPS) is 10.6. The molecule has 0 bridgehead atoms. The first-order valence-electron chi connectivity index (χ1n) is 6.23. The molecule has 0 aliphatic heterocycles. The van der Waals surface area contributed by atoms with Gasteiger partial charge in [0.2, 0.25) is 5.91 Å². The standard InChI is InChI=1S/C12H24N2O4/c1-9(2)11(15)13-5-7-17-8-6-14-12(16)18-10(3)4/h9-10H,5-8H2,1-4H3,(H,13,15)(H,14,16). The van der Waals surface area contributed by atoms with Gasteiger partial charge in [0.15, 0.2) is 0 Å². The highest BCUT2D eigenvalue weighted by atomic mass is 16.6. The Labute approximate surface area is 108 Å². The Morgan fingerprint density at radius 1 is 1.00 bits per heavy atom. The van der Waals surface area contributed by atoms with Crippen molar-refractivity contribution < 1.29 is 19.1 Å². The summed E-state index contributed by atoms with van der Waals surface area (Å²) in [5.74, 6) is -0.00490. The van der Waals surface area contributed by atoms with Crippen LogP contribution in [0.15, 0.2) is 0 Å². The molecule has 0 saturated carbocycles. The van der Waals surface area contributed by atoms with Gasteiger partial charge in [0.25, 0.3) is 0 Å². The molecule has 0 aromatic carbocycles. The van der Waals surface area contributed by atoms with Crippen molar-refractivity contribution in [2.24, 2.45) is 5.92 Å². The third kappa shape index (κ3) is 9.89. The molecule has 2 N–H and O–H groups in total. The zero-order chi connectivity index (χ0) is 14.0. The first-order chi connectivity index (χ1) is 8.43. The first-order valence-corrected chi connectivity index (χ1v) is 6.23. The van der Waals surface area contributed by atoms with E-state index in [1.54, 1.807) is 13.8 Å². The Morgan fingerprint density at radius 2 is 1.56 bits per heavy atom. The molecule has 0 radical (unpaired) electrons. The van der Waals surface area contributed by atoms with Crippen LogP contribution >= 0.6 is 0 Å². The number of hydrogen-bond donors (Lipinski definition) is 2. The molecule has 0 saturated heterocycles. The third-order valence-electron chi connectivity index (χ3n) is 1.93. The number of alkyl carbamates (subject to hydrolysis) is 1. The average molecular weight is 260 g/mol. The Balaban J connectivity index is 3.31. The van der Waals surface area contributed by atoms with Gasteiger partial charge < -0.3 is 20.1 Å². The lowest BCUT2D eigenvalue weighted by atomic mass is 10.2. The van der Waals surface area contributed by atoms with Gasteiger partial charge in [-0.25, -0.2) is 4.79 Å². The molecule has 106 valence electrons. The van der Waals surface area contributed by atoms with E-state index >= 15 is 0 Å². The van der Waals surface area contributed by atoms with Crippen molar-refractivity contribution in [3.05, 3.63) is 0 Å². The topological polar surface area (TPSA) is 76.7 Å². The predicted molar refractivity (Wildman–Crippen MR) is 68.3 cm³/mol.